The van der Waals surface area contributed by atoms with Crippen LogP contribution in [0.4, 0.5) is 5.69 Å². The van der Waals surface area contributed by atoms with E-state index in [0.29, 0.717) is 37.3 Å². The van der Waals surface area contributed by atoms with E-state index >= 15 is 0 Å². The van der Waals surface area contributed by atoms with Gasteiger partial charge in [0.25, 0.3) is 5.91 Å². The number of nitrogens with one attached hydrogen (secondary N) is 1. The number of anilines is 1. The predicted octanol–water partition coefficient (Wildman–Crippen LogP) is 6.89. The van der Waals surface area contributed by atoms with Crippen LogP contribution in [0.1, 0.15) is 11.1 Å². The number of rotatable bonds is 7. The normalized spacial score (nSPS) is 10.9. The lowest BCUT2D eigenvalue weighted by atomic mass is 10.1. The van der Waals surface area contributed by atoms with Gasteiger partial charge in [0.1, 0.15) is 18.2 Å². The molecule has 0 radical (unpaired) electrons. The fraction of sp³-hybridized carbons (Fsp3) is 0.0833. The molecule has 1 N–H and O–H groups in total. The minimum atomic E-state index is -0.512. The van der Waals surface area contributed by atoms with Crippen LogP contribution in [0.2, 0.25) is 10.0 Å². The number of methoxy groups -OCH3 is 1. The number of hydrogen-bond acceptors (Lipinski definition) is 4. The predicted molar refractivity (Wildman–Crippen MR) is 130 cm³/mol. The van der Waals surface area contributed by atoms with Crippen LogP contribution in [0.15, 0.2) is 70.7 Å². The van der Waals surface area contributed by atoms with Crippen LogP contribution in [0.3, 0.4) is 0 Å². The molecule has 0 aromatic heterocycles. The van der Waals surface area contributed by atoms with Crippen molar-refractivity contribution < 1.29 is 14.3 Å². The smallest absolute Gasteiger partial charge is 0.266 e. The molecule has 0 heterocycles. The molecule has 162 valence electrons. The Morgan fingerprint density at radius 3 is 2.53 bits per heavy atom. The van der Waals surface area contributed by atoms with Gasteiger partial charge in [-0.2, -0.15) is 5.26 Å². The topological polar surface area (TPSA) is 71.3 Å². The maximum absolute atomic E-state index is 12.5. The van der Waals surface area contributed by atoms with Gasteiger partial charge in [-0.3, -0.25) is 4.79 Å². The van der Waals surface area contributed by atoms with Crippen molar-refractivity contribution >= 4 is 56.8 Å². The largest absolute Gasteiger partial charge is 0.493 e. The van der Waals surface area contributed by atoms with Gasteiger partial charge in [0.05, 0.1) is 7.11 Å². The van der Waals surface area contributed by atoms with E-state index in [9.17, 15) is 10.1 Å². The van der Waals surface area contributed by atoms with Crippen LogP contribution in [0.25, 0.3) is 6.08 Å². The highest BCUT2D eigenvalue weighted by Gasteiger charge is 2.14. The highest BCUT2D eigenvalue weighted by atomic mass is 79.9. The lowest BCUT2D eigenvalue weighted by Gasteiger charge is -2.14. The van der Waals surface area contributed by atoms with E-state index in [1.54, 1.807) is 54.6 Å². The molecule has 3 aromatic carbocycles. The average Bonchev–Trinajstić information content (AvgIpc) is 2.78. The number of hydrogen-bond donors (Lipinski definition) is 1. The molecule has 0 bridgehead atoms. The fourth-order valence-corrected chi connectivity index (χ4v) is 3.65. The first kappa shape index (κ1) is 23.7. The second kappa shape index (κ2) is 11.1. The maximum Gasteiger partial charge on any atom is 0.266 e. The lowest BCUT2D eigenvalue weighted by Crippen LogP contribution is -2.13. The SMILES string of the molecule is COc1cc(/C=C(\C#N)C(=O)Nc2ccccc2)c(Br)cc1OCc1ccc(Cl)cc1Cl. The van der Waals surface area contributed by atoms with Gasteiger partial charge in [-0.15, -0.1) is 0 Å². The summed E-state index contributed by atoms with van der Waals surface area (Å²) in [7, 11) is 1.51. The zero-order valence-corrected chi connectivity index (χ0v) is 20.0. The van der Waals surface area contributed by atoms with E-state index in [1.165, 1.54) is 13.2 Å². The Bertz CT molecular complexity index is 1210. The Morgan fingerprint density at radius 2 is 1.88 bits per heavy atom. The van der Waals surface area contributed by atoms with Crippen LogP contribution in [0.5, 0.6) is 11.5 Å². The third kappa shape index (κ3) is 6.04. The van der Waals surface area contributed by atoms with E-state index in [4.69, 9.17) is 32.7 Å². The number of carbonyl (C=O) groups excluding carboxylic acids is 1. The number of nitrogens with zero attached hydrogens (tertiary/aromatic N) is 1. The Hall–Kier alpha value is -2.98. The van der Waals surface area contributed by atoms with E-state index in [2.05, 4.69) is 21.2 Å². The molecule has 0 spiro atoms. The number of benzene rings is 3. The van der Waals surface area contributed by atoms with Crippen LogP contribution >= 0.6 is 39.1 Å². The summed E-state index contributed by atoms with van der Waals surface area (Å²) >= 11 is 15.6. The summed E-state index contributed by atoms with van der Waals surface area (Å²) in [5, 5.41) is 13.2. The molecule has 1 amide bonds. The molecule has 8 heteroatoms. The van der Waals surface area contributed by atoms with Gasteiger partial charge >= 0.3 is 0 Å². The number of halogens is 3. The molecular formula is C24H17BrCl2N2O3. The third-order valence-electron chi connectivity index (χ3n) is 4.38. The molecule has 32 heavy (non-hydrogen) atoms. The highest BCUT2D eigenvalue weighted by Crippen LogP contribution is 2.35. The standard InChI is InChI=1S/C24H17BrCl2N2O3/c1-31-22-10-16(9-17(13-28)24(30)29-19-5-3-2-4-6-19)20(25)12-23(22)32-14-15-7-8-18(26)11-21(15)27/h2-12H,14H2,1H3,(H,29,30)/b17-9+. The Morgan fingerprint density at radius 1 is 1.12 bits per heavy atom. The summed E-state index contributed by atoms with van der Waals surface area (Å²) in [6, 6.07) is 19.4. The monoisotopic (exact) mass is 530 g/mol. The van der Waals surface area contributed by atoms with Crippen molar-refractivity contribution in [2.75, 3.05) is 12.4 Å². The molecule has 5 nitrogen and oxygen atoms in total. The summed E-state index contributed by atoms with van der Waals surface area (Å²) in [6.07, 6.45) is 1.48. The van der Waals surface area contributed by atoms with Crippen molar-refractivity contribution in [1.29, 1.82) is 5.26 Å². The van der Waals surface area contributed by atoms with Gasteiger partial charge in [-0.25, -0.2) is 0 Å². The maximum atomic E-state index is 12.5. The number of ether oxygens (including phenoxy) is 2. The van der Waals surface area contributed by atoms with Gasteiger partial charge < -0.3 is 14.8 Å². The fourth-order valence-electron chi connectivity index (χ4n) is 2.75. The number of carbonyl (C=O) groups is 1. The molecule has 0 unspecified atom stereocenters. The van der Waals surface area contributed by atoms with Gasteiger partial charge in [0.2, 0.25) is 0 Å². The Labute approximate surface area is 204 Å². The molecular weight excluding hydrogens is 515 g/mol. The molecule has 0 aliphatic heterocycles. The lowest BCUT2D eigenvalue weighted by molar-refractivity contribution is -0.112. The number of amides is 1. The highest BCUT2D eigenvalue weighted by molar-refractivity contribution is 9.10. The van der Waals surface area contributed by atoms with Crippen LogP contribution in [-0.4, -0.2) is 13.0 Å². The van der Waals surface area contributed by atoms with Crippen molar-refractivity contribution in [3.63, 3.8) is 0 Å². The summed E-state index contributed by atoms with van der Waals surface area (Å²) in [4.78, 5) is 12.5. The van der Waals surface area contributed by atoms with E-state index < -0.39 is 5.91 Å². The summed E-state index contributed by atoms with van der Waals surface area (Å²) < 4.78 is 11.9. The molecule has 0 fully saturated rings. The Kier molecular flexibility index (Phi) is 8.18. The van der Waals surface area contributed by atoms with Crippen LogP contribution in [-0.2, 0) is 11.4 Å². The van der Waals surface area contributed by atoms with Crippen molar-refractivity contribution in [3.8, 4) is 17.6 Å². The second-order valence-corrected chi connectivity index (χ2v) is 8.24. The third-order valence-corrected chi connectivity index (χ3v) is 5.65. The quantitative estimate of drug-likeness (QED) is 0.266. The van der Waals surface area contributed by atoms with Gasteiger partial charge in [-0.1, -0.05) is 63.4 Å². The first-order valence-corrected chi connectivity index (χ1v) is 10.9. The number of para-hydroxylation sites is 1. The zero-order valence-electron chi connectivity index (χ0n) is 16.9. The molecule has 3 rings (SSSR count). The van der Waals surface area contributed by atoms with Crippen molar-refractivity contribution in [1.82, 2.24) is 0 Å². The van der Waals surface area contributed by atoms with Crippen LogP contribution in [0, 0.1) is 11.3 Å². The molecule has 0 saturated heterocycles. The van der Waals surface area contributed by atoms with Crippen molar-refractivity contribution in [2.24, 2.45) is 0 Å². The van der Waals surface area contributed by atoms with E-state index in [-0.39, 0.29) is 12.2 Å². The summed E-state index contributed by atoms with van der Waals surface area (Å²) in [5.74, 6) is 0.391. The zero-order chi connectivity index (χ0) is 23.1. The van der Waals surface area contributed by atoms with Crippen molar-refractivity contribution in [2.45, 2.75) is 6.61 Å². The van der Waals surface area contributed by atoms with Gasteiger partial charge in [0, 0.05) is 25.8 Å². The summed E-state index contributed by atoms with van der Waals surface area (Å²) in [6.45, 7) is 0.205. The molecule has 0 aliphatic rings. The van der Waals surface area contributed by atoms with Crippen LogP contribution < -0.4 is 14.8 Å². The first-order chi connectivity index (χ1) is 15.4. The number of nitriles is 1. The molecule has 3 aromatic rings. The molecule has 0 atom stereocenters. The first-order valence-electron chi connectivity index (χ1n) is 9.33. The van der Waals surface area contributed by atoms with E-state index in [0.717, 1.165) is 5.56 Å². The second-order valence-electron chi connectivity index (χ2n) is 6.54. The minimum absolute atomic E-state index is 0.0572. The van der Waals surface area contributed by atoms with Gasteiger partial charge in [-0.05, 0) is 48.0 Å². The average molecular weight is 532 g/mol. The molecule has 0 saturated carbocycles. The Balaban J connectivity index is 1.83. The summed E-state index contributed by atoms with van der Waals surface area (Å²) in [5.41, 5.74) is 1.89. The molecule has 0 aliphatic carbocycles. The minimum Gasteiger partial charge on any atom is -0.493 e. The van der Waals surface area contributed by atoms with Crippen molar-refractivity contribution in [3.05, 3.63) is 91.9 Å². The van der Waals surface area contributed by atoms with Gasteiger partial charge in [0.15, 0.2) is 11.5 Å². The van der Waals surface area contributed by atoms with E-state index in [1.807, 2.05) is 12.1 Å².